The highest BCUT2D eigenvalue weighted by molar-refractivity contribution is 7.09. The number of amides is 1. The Bertz CT molecular complexity index is 1160. The molecular formula is C19H16FN7OS. The molecule has 10 heteroatoms. The third-order valence-corrected chi connectivity index (χ3v) is 6.08. The zero-order chi connectivity index (χ0) is 20.1. The molecule has 1 aliphatic carbocycles. The number of rotatable bonds is 3. The average molecular weight is 409 g/mol. The molecule has 0 radical (unpaired) electrons. The first kappa shape index (κ1) is 17.9. The highest BCUT2D eigenvalue weighted by Crippen LogP contribution is 2.40. The number of carbonyl (C=O) groups is 1. The lowest BCUT2D eigenvalue weighted by Gasteiger charge is -2.33. The van der Waals surface area contributed by atoms with Crippen LogP contribution in [0.5, 0.6) is 0 Å². The number of nitrogens with zero attached hydrogens (tertiary/aromatic N) is 7. The number of fused-ring (bicyclic) bond motifs is 1. The Morgan fingerprint density at radius 3 is 2.86 bits per heavy atom. The number of carbonyl (C=O) groups excluding carboxylic acids is 1. The molecule has 5 rings (SSSR count). The lowest BCUT2D eigenvalue weighted by atomic mass is 10.1. The monoisotopic (exact) mass is 409 g/mol. The van der Waals surface area contributed by atoms with Crippen LogP contribution >= 0.6 is 11.5 Å². The van der Waals surface area contributed by atoms with E-state index in [4.69, 9.17) is 5.26 Å². The van der Waals surface area contributed by atoms with Crippen molar-refractivity contribution in [2.45, 2.75) is 38.3 Å². The minimum atomic E-state index is -0.698. The predicted molar refractivity (Wildman–Crippen MR) is 101 cm³/mol. The van der Waals surface area contributed by atoms with Gasteiger partial charge in [0.05, 0.1) is 11.6 Å². The highest BCUT2D eigenvalue weighted by Gasteiger charge is 2.34. The zero-order valence-corrected chi connectivity index (χ0v) is 16.4. The second-order valence-electron chi connectivity index (χ2n) is 7.25. The topological polar surface area (TPSA) is 101 Å². The minimum Gasteiger partial charge on any atom is -0.327 e. The first-order valence-corrected chi connectivity index (χ1v) is 10.1. The third kappa shape index (κ3) is 2.98. The standard InChI is InChI=1S/C19H16FN7OS/c1-10-16-23-24-17(18-22-15(25-29-18)11-2-3-11)27(16)7-6-26(10)19(28)12-4-5-13(9-21)14(20)8-12/h4-5,8,10-11H,2-3,6-7H2,1H3/t10-/m1/s1. The molecule has 3 heterocycles. The quantitative estimate of drug-likeness (QED) is 0.659. The fourth-order valence-electron chi connectivity index (χ4n) is 3.56. The van der Waals surface area contributed by atoms with Gasteiger partial charge in [0.25, 0.3) is 5.91 Å². The molecule has 1 amide bonds. The van der Waals surface area contributed by atoms with Crippen LogP contribution in [0.25, 0.3) is 10.8 Å². The molecule has 0 saturated heterocycles. The Morgan fingerprint density at radius 2 is 2.14 bits per heavy atom. The van der Waals surface area contributed by atoms with Gasteiger partial charge in [-0.25, -0.2) is 9.37 Å². The normalized spacial score (nSPS) is 18.4. The van der Waals surface area contributed by atoms with E-state index in [9.17, 15) is 9.18 Å². The molecular weight excluding hydrogens is 393 g/mol. The van der Waals surface area contributed by atoms with Crippen LogP contribution < -0.4 is 0 Å². The van der Waals surface area contributed by atoms with Gasteiger partial charge in [-0.15, -0.1) is 10.2 Å². The van der Waals surface area contributed by atoms with Gasteiger partial charge in [0.2, 0.25) is 0 Å². The van der Waals surface area contributed by atoms with Gasteiger partial charge in [-0.3, -0.25) is 4.79 Å². The predicted octanol–water partition coefficient (Wildman–Crippen LogP) is 2.90. The summed E-state index contributed by atoms with van der Waals surface area (Å²) in [6.07, 6.45) is 2.27. The Morgan fingerprint density at radius 1 is 1.31 bits per heavy atom. The maximum Gasteiger partial charge on any atom is 0.254 e. The van der Waals surface area contributed by atoms with Crippen molar-refractivity contribution in [2.24, 2.45) is 0 Å². The molecule has 146 valence electrons. The molecule has 1 fully saturated rings. The Labute approximate surface area is 169 Å². The lowest BCUT2D eigenvalue weighted by molar-refractivity contribution is 0.0638. The summed E-state index contributed by atoms with van der Waals surface area (Å²) in [4.78, 5) is 19.2. The zero-order valence-electron chi connectivity index (χ0n) is 15.5. The summed E-state index contributed by atoms with van der Waals surface area (Å²) in [6.45, 7) is 2.83. The summed E-state index contributed by atoms with van der Waals surface area (Å²) in [5, 5.41) is 18.2. The van der Waals surface area contributed by atoms with Gasteiger partial charge in [0.1, 0.15) is 17.7 Å². The molecule has 1 aliphatic heterocycles. The van der Waals surface area contributed by atoms with Gasteiger partial charge in [-0.05, 0) is 49.5 Å². The van der Waals surface area contributed by atoms with E-state index in [2.05, 4.69) is 19.6 Å². The molecule has 29 heavy (non-hydrogen) atoms. The molecule has 1 atom stereocenters. The van der Waals surface area contributed by atoms with Crippen molar-refractivity contribution < 1.29 is 9.18 Å². The van der Waals surface area contributed by atoms with Crippen molar-refractivity contribution >= 4 is 17.4 Å². The van der Waals surface area contributed by atoms with E-state index >= 15 is 0 Å². The fraction of sp³-hybridized carbons (Fsp3) is 0.368. The van der Waals surface area contributed by atoms with E-state index in [0.717, 1.165) is 29.7 Å². The summed E-state index contributed by atoms with van der Waals surface area (Å²) in [5.41, 5.74) is 0.125. The van der Waals surface area contributed by atoms with Crippen molar-refractivity contribution in [1.82, 2.24) is 29.0 Å². The number of nitriles is 1. The molecule has 2 aliphatic rings. The molecule has 8 nitrogen and oxygen atoms in total. The summed E-state index contributed by atoms with van der Waals surface area (Å²) in [7, 11) is 0. The van der Waals surface area contributed by atoms with Gasteiger partial charge in [0, 0.05) is 24.6 Å². The molecule has 2 aromatic heterocycles. The molecule has 0 unspecified atom stereocenters. The minimum absolute atomic E-state index is 0.0831. The lowest BCUT2D eigenvalue weighted by Crippen LogP contribution is -2.41. The summed E-state index contributed by atoms with van der Waals surface area (Å²) in [6, 6.07) is 5.34. The van der Waals surface area contributed by atoms with Gasteiger partial charge >= 0.3 is 0 Å². The van der Waals surface area contributed by atoms with Crippen molar-refractivity contribution in [1.29, 1.82) is 5.26 Å². The van der Waals surface area contributed by atoms with Crippen molar-refractivity contribution in [3.8, 4) is 16.9 Å². The summed E-state index contributed by atoms with van der Waals surface area (Å²) in [5.74, 6) is 1.69. The average Bonchev–Trinajstić information content (AvgIpc) is 3.29. The van der Waals surface area contributed by atoms with Gasteiger partial charge < -0.3 is 9.47 Å². The highest BCUT2D eigenvalue weighted by atomic mass is 32.1. The smallest absolute Gasteiger partial charge is 0.254 e. The van der Waals surface area contributed by atoms with Crippen molar-refractivity contribution in [2.75, 3.05) is 6.54 Å². The van der Waals surface area contributed by atoms with Crippen LogP contribution in [0.4, 0.5) is 4.39 Å². The van der Waals surface area contributed by atoms with Crippen molar-refractivity contribution in [3.63, 3.8) is 0 Å². The third-order valence-electron chi connectivity index (χ3n) is 5.36. The van der Waals surface area contributed by atoms with E-state index < -0.39 is 5.82 Å². The number of halogens is 1. The maximum atomic E-state index is 13.9. The molecule has 0 N–H and O–H groups in total. The number of benzene rings is 1. The van der Waals surface area contributed by atoms with Crippen molar-refractivity contribution in [3.05, 3.63) is 46.8 Å². The Kier molecular flexibility index (Phi) is 4.13. The van der Waals surface area contributed by atoms with Gasteiger partial charge in [0.15, 0.2) is 16.7 Å². The molecule has 0 bridgehead atoms. The largest absolute Gasteiger partial charge is 0.327 e. The van der Waals surface area contributed by atoms with E-state index in [1.54, 1.807) is 11.0 Å². The van der Waals surface area contributed by atoms with Crippen LogP contribution in [0.15, 0.2) is 18.2 Å². The Hall–Kier alpha value is -3.19. The second kappa shape index (κ2) is 6.70. The van der Waals surface area contributed by atoms with Crippen LogP contribution in [-0.4, -0.2) is 41.5 Å². The first-order chi connectivity index (χ1) is 14.1. The van der Waals surface area contributed by atoms with E-state index in [-0.39, 0.29) is 23.1 Å². The molecule has 0 spiro atoms. The maximum absolute atomic E-state index is 13.9. The van der Waals surface area contributed by atoms with Gasteiger partial charge in [-0.2, -0.15) is 9.64 Å². The van der Waals surface area contributed by atoms with E-state index in [1.807, 2.05) is 11.5 Å². The Balaban J connectivity index is 1.41. The van der Waals surface area contributed by atoms with Crippen LogP contribution in [0, 0.1) is 17.1 Å². The summed E-state index contributed by atoms with van der Waals surface area (Å²) >= 11 is 1.33. The van der Waals surface area contributed by atoms with Crippen LogP contribution in [0.3, 0.4) is 0 Å². The van der Waals surface area contributed by atoms with Crippen LogP contribution in [0.1, 0.15) is 59.3 Å². The fourth-order valence-corrected chi connectivity index (χ4v) is 4.30. The van der Waals surface area contributed by atoms with E-state index in [1.165, 1.54) is 23.7 Å². The van der Waals surface area contributed by atoms with Crippen LogP contribution in [-0.2, 0) is 6.54 Å². The number of hydrogen-bond acceptors (Lipinski definition) is 7. The first-order valence-electron chi connectivity index (χ1n) is 9.34. The molecule has 1 aromatic carbocycles. The number of hydrogen-bond donors (Lipinski definition) is 0. The SMILES string of the molecule is C[C@@H]1c2nnc(-c3nc(C4CC4)ns3)n2CCN1C(=O)c1ccc(C#N)c(F)c1. The van der Waals surface area contributed by atoms with Crippen LogP contribution in [0.2, 0.25) is 0 Å². The molecule has 1 saturated carbocycles. The van der Waals surface area contributed by atoms with Gasteiger partial charge in [-0.1, -0.05) is 0 Å². The van der Waals surface area contributed by atoms with E-state index in [0.29, 0.717) is 30.7 Å². The summed E-state index contributed by atoms with van der Waals surface area (Å²) < 4.78 is 20.3. The molecule has 3 aromatic rings. The second-order valence-corrected chi connectivity index (χ2v) is 8.00. The number of aromatic nitrogens is 5.